The number of pyridine rings is 1. The first kappa shape index (κ1) is 18.1. The van der Waals surface area contributed by atoms with Crippen molar-refractivity contribution in [2.45, 2.75) is 19.1 Å². The van der Waals surface area contributed by atoms with Crippen molar-refractivity contribution in [3.63, 3.8) is 0 Å². The maximum absolute atomic E-state index is 13.1. The predicted octanol–water partition coefficient (Wildman–Crippen LogP) is 2.10. The van der Waals surface area contributed by atoms with E-state index in [2.05, 4.69) is 15.0 Å². The van der Waals surface area contributed by atoms with E-state index in [0.717, 1.165) is 11.1 Å². The first-order valence-corrected chi connectivity index (χ1v) is 9.06. The number of carbonyl (C=O) groups is 1. The number of aromatic nitrogens is 3. The largest absolute Gasteiger partial charge is 0.367 e. The van der Waals surface area contributed by atoms with E-state index < -0.39 is 6.10 Å². The molecule has 0 fully saturated rings. The third kappa shape index (κ3) is 3.44. The Morgan fingerprint density at radius 2 is 2.04 bits per heavy atom. The summed E-state index contributed by atoms with van der Waals surface area (Å²) in [6.07, 6.45) is 3.09. The summed E-state index contributed by atoms with van der Waals surface area (Å²) in [6.45, 7) is 0.730. The lowest BCUT2D eigenvalue weighted by molar-refractivity contribution is -0.143. The summed E-state index contributed by atoms with van der Waals surface area (Å²) in [5.74, 6) is 0.321. The summed E-state index contributed by atoms with van der Waals surface area (Å²) in [6, 6.07) is 13.0. The van der Waals surface area contributed by atoms with Crippen molar-refractivity contribution in [2.24, 2.45) is 0 Å². The zero-order chi connectivity index (χ0) is 19.5. The molecule has 1 aliphatic heterocycles. The number of nitrogens with one attached hydrogen (secondary N) is 1. The van der Waals surface area contributed by atoms with Crippen LogP contribution in [-0.4, -0.2) is 39.4 Å². The van der Waals surface area contributed by atoms with Crippen LogP contribution in [0.3, 0.4) is 0 Å². The van der Waals surface area contributed by atoms with Crippen molar-refractivity contribution >= 4 is 5.91 Å². The third-order valence-corrected chi connectivity index (χ3v) is 4.88. The third-order valence-electron chi connectivity index (χ3n) is 4.88. The van der Waals surface area contributed by atoms with Gasteiger partial charge in [0.1, 0.15) is 5.82 Å². The van der Waals surface area contributed by atoms with Crippen LogP contribution in [0.25, 0.3) is 11.4 Å². The Hall–Kier alpha value is -3.32. The maximum atomic E-state index is 13.1. The molecule has 0 saturated carbocycles. The second-order valence-corrected chi connectivity index (χ2v) is 6.62. The van der Waals surface area contributed by atoms with Gasteiger partial charge in [0.25, 0.3) is 11.5 Å². The van der Waals surface area contributed by atoms with Gasteiger partial charge in [0, 0.05) is 37.2 Å². The summed E-state index contributed by atoms with van der Waals surface area (Å²) in [4.78, 5) is 38.8. The number of ether oxygens (including phenoxy) is 1. The number of hydrogen-bond donors (Lipinski definition) is 1. The number of methoxy groups -OCH3 is 1. The lowest BCUT2D eigenvalue weighted by Gasteiger charge is -2.30. The van der Waals surface area contributed by atoms with Crippen LogP contribution in [0, 0.1) is 0 Å². The Bertz CT molecular complexity index is 1030. The van der Waals surface area contributed by atoms with Crippen LogP contribution in [0.5, 0.6) is 0 Å². The van der Waals surface area contributed by atoms with E-state index in [4.69, 9.17) is 4.74 Å². The number of rotatable bonds is 4. The van der Waals surface area contributed by atoms with E-state index >= 15 is 0 Å². The highest BCUT2D eigenvalue weighted by Gasteiger charge is 2.30. The molecule has 1 unspecified atom stereocenters. The molecule has 3 aromatic rings. The minimum atomic E-state index is -0.678. The van der Waals surface area contributed by atoms with E-state index in [1.807, 2.05) is 36.4 Å². The number of nitrogens with zero attached hydrogens (tertiary/aromatic N) is 3. The van der Waals surface area contributed by atoms with Gasteiger partial charge >= 0.3 is 0 Å². The van der Waals surface area contributed by atoms with Gasteiger partial charge in [0.2, 0.25) is 0 Å². The molecule has 0 spiro atoms. The second-order valence-electron chi connectivity index (χ2n) is 6.62. The molecule has 142 valence electrons. The highest BCUT2D eigenvalue weighted by atomic mass is 16.5. The van der Waals surface area contributed by atoms with E-state index in [0.29, 0.717) is 30.0 Å². The number of H-pyrrole nitrogens is 1. The van der Waals surface area contributed by atoms with Crippen LogP contribution in [0.1, 0.15) is 22.9 Å². The lowest BCUT2D eigenvalue weighted by Crippen LogP contribution is -2.41. The molecule has 4 rings (SSSR count). The van der Waals surface area contributed by atoms with Gasteiger partial charge in [-0.05, 0) is 24.1 Å². The topological polar surface area (TPSA) is 88.2 Å². The molecule has 7 heteroatoms. The molecule has 0 radical (unpaired) electrons. The van der Waals surface area contributed by atoms with Crippen molar-refractivity contribution in [1.29, 1.82) is 0 Å². The molecule has 3 heterocycles. The standard InChI is InChI=1S/C21H20N4O3/c1-28-18(14-6-3-2-4-7-14)21(27)25-11-9-16-17(13-25)23-19(24-20(16)26)15-8-5-10-22-12-15/h2-8,10,12,18H,9,11,13H2,1H3,(H,23,24,26). The Morgan fingerprint density at radius 3 is 2.75 bits per heavy atom. The molecule has 7 nitrogen and oxygen atoms in total. The van der Waals surface area contributed by atoms with Crippen molar-refractivity contribution in [2.75, 3.05) is 13.7 Å². The quantitative estimate of drug-likeness (QED) is 0.753. The van der Waals surface area contributed by atoms with Crippen molar-refractivity contribution in [3.05, 3.63) is 82.0 Å². The number of benzene rings is 1. The molecule has 0 saturated heterocycles. The van der Waals surface area contributed by atoms with Crippen LogP contribution in [0.4, 0.5) is 0 Å². The molecular formula is C21H20N4O3. The fraction of sp³-hybridized carbons (Fsp3) is 0.238. The first-order chi connectivity index (χ1) is 13.7. The minimum Gasteiger partial charge on any atom is -0.367 e. The number of amides is 1. The Morgan fingerprint density at radius 1 is 1.21 bits per heavy atom. The fourth-order valence-electron chi connectivity index (χ4n) is 3.44. The summed E-state index contributed by atoms with van der Waals surface area (Å²) in [5.41, 5.74) is 2.61. The normalized spacial score (nSPS) is 14.4. The van der Waals surface area contributed by atoms with Crippen LogP contribution in [0.15, 0.2) is 59.7 Å². The van der Waals surface area contributed by atoms with Gasteiger partial charge in [0.05, 0.1) is 12.2 Å². The van der Waals surface area contributed by atoms with E-state index in [-0.39, 0.29) is 18.0 Å². The lowest BCUT2D eigenvalue weighted by atomic mass is 10.0. The molecule has 1 atom stereocenters. The average molecular weight is 376 g/mol. The van der Waals surface area contributed by atoms with E-state index in [1.54, 1.807) is 23.4 Å². The van der Waals surface area contributed by atoms with E-state index in [9.17, 15) is 9.59 Å². The highest BCUT2D eigenvalue weighted by molar-refractivity contribution is 5.82. The molecule has 28 heavy (non-hydrogen) atoms. The van der Waals surface area contributed by atoms with Gasteiger partial charge < -0.3 is 14.6 Å². The van der Waals surface area contributed by atoms with E-state index in [1.165, 1.54) is 7.11 Å². The van der Waals surface area contributed by atoms with Crippen LogP contribution in [-0.2, 0) is 22.5 Å². The number of fused-ring (bicyclic) bond motifs is 1. The van der Waals surface area contributed by atoms with Gasteiger partial charge in [0.15, 0.2) is 6.10 Å². The summed E-state index contributed by atoms with van der Waals surface area (Å²) in [5, 5.41) is 0. The second kappa shape index (κ2) is 7.74. The molecular weight excluding hydrogens is 356 g/mol. The maximum Gasteiger partial charge on any atom is 0.256 e. The smallest absolute Gasteiger partial charge is 0.256 e. The molecule has 1 aliphatic rings. The van der Waals surface area contributed by atoms with Crippen molar-refractivity contribution in [1.82, 2.24) is 19.9 Å². The Kier molecular flexibility index (Phi) is 4.99. The van der Waals surface area contributed by atoms with Crippen LogP contribution < -0.4 is 5.56 Å². The van der Waals surface area contributed by atoms with Gasteiger partial charge in [-0.25, -0.2) is 4.98 Å². The number of hydrogen-bond acceptors (Lipinski definition) is 5. The summed E-state index contributed by atoms with van der Waals surface area (Å²) in [7, 11) is 1.52. The number of carbonyl (C=O) groups excluding carboxylic acids is 1. The Balaban J connectivity index is 1.63. The van der Waals surface area contributed by atoms with Gasteiger partial charge in [-0.2, -0.15) is 0 Å². The summed E-state index contributed by atoms with van der Waals surface area (Å²) < 4.78 is 5.47. The summed E-state index contributed by atoms with van der Waals surface area (Å²) >= 11 is 0. The molecule has 2 aromatic heterocycles. The molecule has 1 N–H and O–H groups in total. The SMILES string of the molecule is COC(C(=O)N1CCc2c(nc(-c3cccnc3)[nH]c2=O)C1)c1ccccc1. The molecule has 1 aromatic carbocycles. The zero-order valence-corrected chi connectivity index (χ0v) is 15.5. The number of aromatic amines is 1. The highest BCUT2D eigenvalue weighted by Crippen LogP contribution is 2.24. The zero-order valence-electron chi connectivity index (χ0n) is 15.5. The monoisotopic (exact) mass is 376 g/mol. The predicted molar refractivity (Wildman–Crippen MR) is 103 cm³/mol. The average Bonchev–Trinajstić information content (AvgIpc) is 2.75. The fourth-order valence-corrected chi connectivity index (χ4v) is 3.44. The van der Waals surface area contributed by atoms with Gasteiger partial charge in [-0.1, -0.05) is 30.3 Å². The van der Waals surface area contributed by atoms with Crippen LogP contribution in [0.2, 0.25) is 0 Å². The molecule has 0 bridgehead atoms. The minimum absolute atomic E-state index is 0.135. The van der Waals surface area contributed by atoms with Crippen LogP contribution >= 0.6 is 0 Å². The van der Waals surface area contributed by atoms with Gasteiger partial charge in [-0.3, -0.25) is 14.6 Å². The van der Waals surface area contributed by atoms with Crippen molar-refractivity contribution in [3.8, 4) is 11.4 Å². The first-order valence-electron chi connectivity index (χ1n) is 9.06. The molecule has 0 aliphatic carbocycles. The van der Waals surface area contributed by atoms with Gasteiger partial charge in [-0.15, -0.1) is 0 Å². The Labute approximate surface area is 162 Å². The molecule has 1 amide bonds. The van der Waals surface area contributed by atoms with Crippen molar-refractivity contribution < 1.29 is 9.53 Å².